The van der Waals surface area contributed by atoms with E-state index in [4.69, 9.17) is 4.74 Å². The molecule has 0 radical (unpaired) electrons. The maximum absolute atomic E-state index is 11.5. The number of nitrogens with zero attached hydrogens (tertiary/aromatic N) is 1. The highest BCUT2D eigenvalue weighted by atomic mass is 16.5. The Bertz CT molecular complexity index is 548. The third kappa shape index (κ3) is 5.39. The van der Waals surface area contributed by atoms with Gasteiger partial charge in [-0.25, -0.2) is 5.43 Å². The minimum Gasteiger partial charge on any atom is -0.506 e. The maximum Gasteiger partial charge on any atom is 0.277 e. The molecule has 0 saturated carbocycles. The number of carbonyl (C=O) groups is 1. The summed E-state index contributed by atoms with van der Waals surface area (Å²) >= 11 is 0. The zero-order chi connectivity index (χ0) is 15.0. The quantitative estimate of drug-likeness (QED) is 0.362. The number of carbonyl (C=O) groups excluding carboxylic acids is 1. The van der Waals surface area contributed by atoms with Crippen molar-refractivity contribution in [2.45, 2.75) is 13.8 Å². The van der Waals surface area contributed by atoms with E-state index < -0.39 is 5.91 Å². The lowest BCUT2D eigenvalue weighted by Crippen LogP contribution is -2.24. The van der Waals surface area contributed by atoms with Crippen molar-refractivity contribution < 1.29 is 14.6 Å². The molecule has 0 fully saturated rings. The standard InChI is InChI=1S/C15H18N2O3/c1-4-5-13(18)9-16-17-15(19)10-20-14-7-6-11(2)8-12(14)3/h4-9,18H,1,10H2,2-3H3,(H,17,19)/b13-5-,16-9-. The number of allylic oxidation sites excluding steroid dienone is 3. The average molecular weight is 274 g/mol. The van der Waals surface area contributed by atoms with Gasteiger partial charge in [0.1, 0.15) is 11.5 Å². The van der Waals surface area contributed by atoms with Crippen molar-refractivity contribution in [3.63, 3.8) is 0 Å². The second-order valence-electron chi connectivity index (χ2n) is 4.18. The van der Waals surface area contributed by atoms with E-state index >= 15 is 0 Å². The molecule has 0 unspecified atom stereocenters. The first-order chi connectivity index (χ1) is 9.52. The van der Waals surface area contributed by atoms with Gasteiger partial charge in [0, 0.05) is 0 Å². The van der Waals surface area contributed by atoms with E-state index in [-0.39, 0.29) is 12.4 Å². The first kappa shape index (κ1) is 15.5. The zero-order valence-electron chi connectivity index (χ0n) is 11.6. The van der Waals surface area contributed by atoms with Crippen molar-refractivity contribution in [1.29, 1.82) is 0 Å². The van der Waals surface area contributed by atoms with Crippen LogP contribution in [0.3, 0.4) is 0 Å². The van der Waals surface area contributed by atoms with E-state index in [1.165, 1.54) is 12.2 Å². The predicted molar refractivity (Wildman–Crippen MR) is 79.0 cm³/mol. The third-order valence-electron chi connectivity index (χ3n) is 2.36. The summed E-state index contributed by atoms with van der Waals surface area (Å²) in [7, 11) is 0. The van der Waals surface area contributed by atoms with E-state index in [0.717, 1.165) is 17.3 Å². The van der Waals surface area contributed by atoms with Gasteiger partial charge in [-0.05, 0) is 31.6 Å². The Morgan fingerprint density at radius 2 is 2.25 bits per heavy atom. The number of aliphatic hydroxyl groups excluding tert-OH is 1. The Labute approximate surface area is 118 Å². The van der Waals surface area contributed by atoms with Gasteiger partial charge in [-0.15, -0.1) is 0 Å². The van der Waals surface area contributed by atoms with Crippen LogP contribution in [0.2, 0.25) is 0 Å². The molecule has 0 aliphatic carbocycles. The summed E-state index contributed by atoms with van der Waals surface area (Å²) in [6.07, 6.45) is 3.87. The van der Waals surface area contributed by atoms with E-state index in [2.05, 4.69) is 17.1 Å². The summed E-state index contributed by atoms with van der Waals surface area (Å²) in [5.41, 5.74) is 4.34. The third-order valence-corrected chi connectivity index (χ3v) is 2.36. The molecular weight excluding hydrogens is 256 g/mol. The van der Waals surface area contributed by atoms with Crippen molar-refractivity contribution >= 4 is 12.1 Å². The predicted octanol–water partition coefficient (Wildman–Crippen LogP) is 2.41. The molecule has 0 saturated heterocycles. The van der Waals surface area contributed by atoms with Gasteiger partial charge in [-0.3, -0.25) is 4.79 Å². The van der Waals surface area contributed by atoms with Crippen LogP contribution in [0.25, 0.3) is 0 Å². The highest BCUT2D eigenvalue weighted by Gasteiger charge is 2.03. The number of aryl methyl sites for hydroxylation is 2. The Hall–Kier alpha value is -2.56. The molecule has 0 spiro atoms. The smallest absolute Gasteiger partial charge is 0.277 e. The van der Waals surface area contributed by atoms with Gasteiger partial charge in [0.2, 0.25) is 0 Å². The second kappa shape index (κ2) is 7.78. The topological polar surface area (TPSA) is 70.9 Å². The Kier molecular flexibility index (Phi) is 6.03. The van der Waals surface area contributed by atoms with Gasteiger partial charge in [0.05, 0.1) is 6.21 Å². The van der Waals surface area contributed by atoms with Gasteiger partial charge in [0.25, 0.3) is 5.91 Å². The van der Waals surface area contributed by atoms with Crippen LogP contribution in [-0.4, -0.2) is 23.8 Å². The summed E-state index contributed by atoms with van der Waals surface area (Å²) in [6.45, 7) is 7.17. The first-order valence-electron chi connectivity index (χ1n) is 6.06. The molecule has 1 aromatic rings. The van der Waals surface area contributed by atoms with E-state index in [9.17, 15) is 9.90 Å². The van der Waals surface area contributed by atoms with Crippen LogP contribution in [0.15, 0.2) is 47.8 Å². The molecular formula is C15H18N2O3. The number of hydrogen-bond donors (Lipinski definition) is 2. The Morgan fingerprint density at radius 3 is 2.90 bits per heavy atom. The van der Waals surface area contributed by atoms with Crippen LogP contribution in [-0.2, 0) is 4.79 Å². The number of hydrogen-bond acceptors (Lipinski definition) is 4. The Balaban J connectivity index is 2.44. The van der Waals surface area contributed by atoms with Crippen molar-refractivity contribution in [1.82, 2.24) is 5.43 Å². The van der Waals surface area contributed by atoms with Crippen molar-refractivity contribution in [2.75, 3.05) is 6.61 Å². The molecule has 1 rings (SSSR count). The van der Waals surface area contributed by atoms with Gasteiger partial charge >= 0.3 is 0 Å². The van der Waals surface area contributed by atoms with E-state index in [0.29, 0.717) is 5.75 Å². The summed E-state index contributed by atoms with van der Waals surface area (Å²) in [5, 5.41) is 12.8. The number of rotatable bonds is 6. The van der Waals surface area contributed by atoms with Crippen LogP contribution < -0.4 is 10.2 Å². The molecule has 5 nitrogen and oxygen atoms in total. The lowest BCUT2D eigenvalue weighted by Gasteiger charge is -2.08. The molecule has 0 aliphatic heterocycles. The monoisotopic (exact) mass is 274 g/mol. The highest BCUT2D eigenvalue weighted by molar-refractivity contribution is 5.81. The van der Waals surface area contributed by atoms with Crippen LogP contribution in [0, 0.1) is 13.8 Å². The molecule has 106 valence electrons. The molecule has 0 aliphatic rings. The largest absolute Gasteiger partial charge is 0.506 e. The van der Waals surface area contributed by atoms with E-state index in [1.54, 1.807) is 0 Å². The molecule has 1 aromatic carbocycles. The number of nitrogens with one attached hydrogen (secondary N) is 1. The zero-order valence-corrected chi connectivity index (χ0v) is 11.6. The summed E-state index contributed by atoms with van der Waals surface area (Å²) in [4.78, 5) is 11.5. The van der Waals surface area contributed by atoms with Crippen molar-refractivity contribution in [2.24, 2.45) is 5.10 Å². The summed E-state index contributed by atoms with van der Waals surface area (Å²) in [5.74, 6) is 0.146. The van der Waals surface area contributed by atoms with Gasteiger partial charge < -0.3 is 9.84 Å². The number of benzene rings is 1. The minimum atomic E-state index is -0.410. The summed E-state index contributed by atoms with van der Waals surface area (Å²) < 4.78 is 5.38. The number of amides is 1. The number of hydrazone groups is 1. The van der Waals surface area contributed by atoms with E-state index in [1.807, 2.05) is 32.0 Å². The van der Waals surface area contributed by atoms with Crippen LogP contribution in [0.1, 0.15) is 11.1 Å². The molecule has 0 atom stereocenters. The molecule has 0 aromatic heterocycles. The SMILES string of the molecule is C=C/C=C(O)/C=N\NC(=O)COc1ccc(C)cc1C. The van der Waals surface area contributed by atoms with Gasteiger partial charge in [-0.1, -0.05) is 30.4 Å². The fourth-order valence-corrected chi connectivity index (χ4v) is 1.47. The van der Waals surface area contributed by atoms with Crippen molar-refractivity contribution in [3.05, 3.63) is 53.8 Å². The highest BCUT2D eigenvalue weighted by Crippen LogP contribution is 2.18. The lowest BCUT2D eigenvalue weighted by molar-refractivity contribution is -0.123. The second-order valence-corrected chi connectivity index (χ2v) is 4.18. The normalized spacial score (nSPS) is 11.4. The van der Waals surface area contributed by atoms with Crippen LogP contribution in [0.4, 0.5) is 0 Å². The van der Waals surface area contributed by atoms with Crippen molar-refractivity contribution in [3.8, 4) is 5.75 Å². The molecule has 0 bridgehead atoms. The molecule has 0 heterocycles. The molecule has 1 amide bonds. The maximum atomic E-state index is 11.5. The molecule has 20 heavy (non-hydrogen) atoms. The summed E-state index contributed by atoms with van der Waals surface area (Å²) in [6, 6.07) is 5.71. The van der Waals surface area contributed by atoms with Gasteiger partial charge in [-0.2, -0.15) is 5.10 Å². The van der Waals surface area contributed by atoms with Crippen LogP contribution in [0.5, 0.6) is 5.75 Å². The fraction of sp³-hybridized carbons (Fsp3) is 0.200. The van der Waals surface area contributed by atoms with Crippen LogP contribution >= 0.6 is 0 Å². The number of ether oxygens (including phenoxy) is 1. The fourth-order valence-electron chi connectivity index (χ4n) is 1.47. The minimum absolute atomic E-state index is 0.101. The lowest BCUT2D eigenvalue weighted by atomic mass is 10.1. The Morgan fingerprint density at radius 1 is 1.50 bits per heavy atom. The number of aliphatic hydroxyl groups is 1. The van der Waals surface area contributed by atoms with Gasteiger partial charge in [0.15, 0.2) is 6.61 Å². The molecule has 5 heteroatoms. The average Bonchev–Trinajstić information content (AvgIpc) is 2.38. The molecule has 2 N–H and O–H groups in total. The first-order valence-corrected chi connectivity index (χ1v) is 6.06.